The van der Waals surface area contributed by atoms with Gasteiger partial charge in [-0.15, -0.1) is 0 Å². The summed E-state index contributed by atoms with van der Waals surface area (Å²) in [5.74, 6) is 0. The molecule has 400 valence electrons. The van der Waals surface area contributed by atoms with Crippen LogP contribution in [-0.2, 0) is 0 Å². The number of benzene rings is 13. The maximum atomic E-state index is 2.46. The molecule has 1 saturated heterocycles. The Hall–Kier alpha value is -10.1. The first kappa shape index (κ1) is 52.0. The van der Waals surface area contributed by atoms with Crippen molar-refractivity contribution < 1.29 is 0 Å². The van der Waals surface area contributed by atoms with Crippen LogP contribution < -0.4 is 15.3 Å². The Bertz CT molecular complexity index is 4160. The highest BCUT2D eigenvalue weighted by Gasteiger charge is 2.39. The molecule has 2 heteroatoms. The minimum absolute atomic E-state index is 1.07. The van der Waals surface area contributed by atoms with Gasteiger partial charge in [0, 0.05) is 17.1 Å². The lowest BCUT2D eigenvalue weighted by molar-refractivity contribution is 0.935. The second-order valence-corrected chi connectivity index (χ2v) is 26.6. The lowest BCUT2D eigenvalue weighted by Gasteiger charge is -2.28. The highest BCUT2D eigenvalue weighted by Crippen LogP contribution is 2.44. The Morgan fingerprint density at radius 3 is 0.750 bits per heavy atom. The molecule has 0 N–H and O–H groups in total. The number of rotatable bonds is 14. The van der Waals surface area contributed by atoms with Crippen LogP contribution in [0, 0.1) is 0 Å². The third kappa shape index (κ3) is 10.5. The van der Waals surface area contributed by atoms with Crippen LogP contribution in [0.4, 0.5) is 17.1 Å². The van der Waals surface area contributed by atoms with Gasteiger partial charge in [-0.2, -0.15) is 0 Å². The van der Waals surface area contributed by atoms with Crippen LogP contribution in [0.3, 0.4) is 0 Å². The summed E-state index contributed by atoms with van der Waals surface area (Å²) in [6.45, 7) is 0. The van der Waals surface area contributed by atoms with Gasteiger partial charge in [0.05, 0.1) is 0 Å². The van der Waals surface area contributed by atoms with Crippen LogP contribution in [0.5, 0.6) is 0 Å². The van der Waals surface area contributed by atoms with E-state index in [9.17, 15) is 0 Å². The standard InChI is InChI=1S/C82H63NSi/c1-7-21-60(22-8-1)69-41-52-77(63-25-11-3-12-26-63)80(57-69)66-33-44-72(45-34-66)83(73-46-35-67(36-47-73)81-58-70(61-23-9-2-10-24-61)42-53-78(81)64-27-13-4-14-28-64)74-48-37-68(38-49-74)82-59-71(43-54-79(82)65-29-15-5-16-30-65)62-39-50-76(51-40-62)84(55-19-20-56-84)75-31-17-6-18-32-75/h1-18,21-54,57-59H,19-20,55-56H2. The Morgan fingerprint density at radius 1 is 0.190 bits per heavy atom. The zero-order valence-electron chi connectivity index (χ0n) is 47.0. The van der Waals surface area contributed by atoms with E-state index in [1.807, 2.05) is 0 Å². The molecule has 84 heavy (non-hydrogen) atoms. The van der Waals surface area contributed by atoms with Gasteiger partial charge >= 0.3 is 0 Å². The Morgan fingerprint density at radius 2 is 0.429 bits per heavy atom. The predicted octanol–water partition coefficient (Wildman–Crippen LogP) is 21.5. The highest BCUT2D eigenvalue weighted by molar-refractivity contribution is 7.02. The van der Waals surface area contributed by atoms with Crippen LogP contribution >= 0.6 is 0 Å². The van der Waals surface area contributed by atoms with E-state index in [1.54, 1.807) is 10.4 Å². The molecular weight excluding hydrogens is 1030 g/mol. The summed E-state index contributed by atoms with van der Waals surface area (Å²) in [5, 5.41) is 3.13. The fourth-order valence-electron chi connectivity index (χ4n) is 13.0. The van der Waals surface area contributed by atoms with Gasteiger partial charge in [0.2, 0.25) is 0 Å². The second-order valence-electron chi connectivity index (χ2n) is 22.3. The molecule has 0 aliphatic carbocycles. The van der Waals surface area contributed by atoms with Crippen LogP contribution in [0.25, 0.3) is 100 Å². The van der Waals surface area contributed by atoms with E-state index in [0.29, 0.717) is 0 Å². The van der Waals surface area contributed by atoms with E-state index < -0.39 is 8.07 Å². The molecule has 1 aliphatic heterocycles. The molecule has 1 aliphatic rings. The Kier molecular flexibility index (Phi) is 14.5. The largest absolute Gasteiger partial charge is 0.311 e. The molecule has 1 nitrogen and oxygen atoms in total. The summed E-state index contributed by atoms with van der Waals surface area (Å²) < 4.78 is 0. The van der Waals surface area contributed by atoms with Crippen LogP contribution in [0.15, 0.2) is 334 Å². The van der Waals surface area contributed by atoms with E-state index in [1.165, 1.54) is 114 Å². The van der Waals surface area contributed by atoms with Gasteiger partial charge in [0.1, 0.15) is 8.07 Å². The van der Waals surface area contributed by atoms with Crippen molar-refractivity contribution in [2.45, 2.75) is 24.9 Å². The van der Waals surface area contributed by atoms with Gasteiger partial charge < -0.3 is 4.90 Å². The van der Waals surface area contributed by atoms with Crippen LogP contribution in [0.2, 0.25) is 12.1 Å². The van der Waals surface area contributed by atoms with Gasteiger partial charge in [-0.25, -0.2) is 0 Å². The van der Waals surface area contributed by atoms with E-state index in [4.69, 9.17) is 0 Å². The first-order valence-electron chi connectivity index (χ1n) is 29.6. The quantitative estimate of drug-likeness (QED) is 0.0981. The van der Waals surface area contributed by atoms with Crippen molar-refractivity contribution in [3.8, 4) is 100 Å². The van der Waals surface area contributed by atoms with Crippen molar-refractivity contribution in [2.75, 3.05) is 4.90 Å². The maximum Gasteiger partial charge on any atom is 0.118 e. The average molecular weight is 1090 g/mol. The molecule has 0 aromatic heterocycles. The third-order valence-corrected chi connectivity index (χ3v) is 22.7. The molecular formula is C82H63NSi. The Balaban J connectivity index is 0.865. The normalized spacial score (nSPS) is 12.7. The van der Waals surface area contributed by atoms with E-state index in [-0.39, 0.29) is 0 Å². The predicted molar refractivity (Wildman–Crippen MR) is 360 cm³/mol. The lowest BCUT2D eigenvalue weighted by atomic mass is 9.90. The summed E-state index contributed by atoms with van der Waals surface area (Å²) in [4.78, 5) is 2.40. The van der Waals surface area contributed by atoms with Gasteiger partial charge in [-0.05, 0) is 167 Å². The monoisotopic (exact) mass is 1090 g/mol. The molecule has 0 saturated carbocycles. The van der Waals surface area contributed by atoms with Crippen LogP contribution in [0.1, 0.15) is 12.8 Å². The van der Waals surface area contributed by atoms with Gasteiger partial charge in [-0.1, -0.05) is 302 Å². The molecule has 13 aromatic rings. The molecule has 1 heterocycles. The summed E-state index contributed by atoms with van der Waals surface area (Å²) in [6.07, 6.45) is 2.65. The second kappa shape index (κ2) is 23.4. The SMILES string of the molecule is c1ccc(-c2ccc(-c3ccccc3)c(-c3ccc(N(c4ccc(-c5cc(-c6ccccc6)ccc5-c5ccccc5)cc4)c4ccc(-c5cc(-c6ccc([Si]7(c8ccccc8)CCCC7)cc6)ccc5-c5ccccc5)cc4)cc3)c2)cc1. The minimum atomic E-state index is -1.79. The molecule has 0 spiro atoms. The van der Waals surface area contributed by atoms with E-state index in [0.717, 1.165) is 28.2 Å². The zero-order valence-corrected chi connectivity index (χ0v) is 48.0. The number of anilines is 3. The fraction of sp³-hybridized carbons (Fsp3) is 0.0488. The smallest absolute Gasteiger partial charge is 0.118 e. The van der Waals surface area contributed by atoms with Gasteiger partial charge in [0.25, 0.3) is 0 Å². The third-order valence-electron chi connectivity index (χ3n) is 17.4. The molecule has 0 bridgehead atoms. The topological polar surface area (TPSA) is 3.24 Å². The molecule has 0 amide bonds. The van der Waals surface area contributed by atoms with Gasteiger partial charge in [0.15, 0.2) is 0 Å². The number of hydrogen-bond acceptors (Lipinski definition) is 1. The first-order valence-corrected chi connectivity index (χ1v) is 32.0. The van der Waals surface area contributed by atoms with Crippen molar-refractivity contribution in [1.82, 2.24) is 0 Å². The molecule has 0 atom stereocenters. The number of hydrogen-bond donors (Lipinski definition) is 0. The average Bonchev–Trinajstić information content (AvgIpc) is 3.32. The van der Waals surface area contributed by atoms with Crippen molar-refractivity contribution >= 4 is 35.5 Å². The summed E-state index contributed by atoms with van der Waals surface area (Å²) in [7, 11) is -1.79. The molecule has 13 aromatic carbocycles. The fourth-order valence-corrected chi connectivity index (χ4v) is 18.1. The number of nitrogens with zero attached hydrogens (tertiary/aromatic N) is 1. The maximum absolute atomic E-state index is 2.46. The van der Waals surface area contributed by atoms with Crippen molar-refractivity contribution in [3.05, 3.63) is 334 Å². The lowest BCUT2D eigenvalue weighted by Crippen LogP contribution is -2.55. The van der Waals surface area contributed by atoms with Crippen molar-refractivity contribution in [3.63, 3.8) is 0 Å². The highest BCUT2D eigenvalue weighted by atomic mass is 28.3. The van der Waals surface area contributed by atoms with E-state index >= 15 is 0 Å². The van der Waals surface area contributed by atoms with Crippen molar-refractivity contribution in [2.24, 2.45) is 0 Å². The van der Waals surface area contributed by atoms with Gasteiger partial charge in [-0.3, -0.25) is 0 Å². The van der Waals surface area contributed by atoms with Crippen LogP contribution in [-0.4, -0.2) is 8.07 Å². The molecule has 0 radical (unpaired) electrons. The van der Waals surface area contributed by atoms with Crippen molar-refractivity contribution in [1.29, 1.82) is 0 Å². The first-order chi connectivity index (χ1) is 41.6. The molecule has 14 rings (SSSR count). The summed E-state index contributed by atoms with van der Waals surface area (Å²) >= 11 is 0. The molecule has 0 unspecified atom stereocenters. The zero-order chi connectivity index (χ0) is 56.1. The summed E-state index contributed by atoms with van der Waals surface area (Å²) in [5.41, 5.74) is 24.8. The van der Waals surface area contributed by atoms with E-state index in [2.05, 4.69) is 339 Å². The Labute approximate surface area is 496 Å². The summed E-state index contributed by atoms with van der Waals surface area (Å²) in [6, 6.07) is 126. The molecule has 1 fully saturated rings. The minimum Gasteiger partial charge on any atom is -0.311 e.